The quantitative estimate of drug-likeness (QED) is 0.748. The molecule has 112 valence electrons. The first kappa shape index (κ1) is 16.7. The predicted octanol–water partition coefficient (Wildman–Crippen LogP) is 4.69. The lowest BCUT2D eigenvalue weighted by Crippen LogP contribution is -2.42. The highest BCUT2D eigenvalue weighted by molar-refractivity contribution is 5.78. The Kier molecular flexibility index (Phi) is 4.95. The number of carbonyl (C=O) groups excluding carboxylic acids is 1. The normalized spacial score (nSPS) is 13.9. The van der Waals surface area contributed by atoms with Crippen molar-refractivity contribution in [2.75, 3.05) is 0 Å². The summed E-state index contributed by atoms with van der Waals surface area (Å²) in [5.41, 5.74) is 0.0879. The van der Waals surface area contributed by atoms with Gasteiger partial charge in [-0.05, 0) is 38.0 Å². The Morgan fingerprint density at radius 3 is 2.05 bits per heavy atom. The molecule has 0 spiro atoms. The second-order valence-electron chi connectivity index (χ2n) is 6.69. The Labute approximate surface area is 121 Å². The lowest BCUT2D eigenvalue weighted by molar-refractivity contribution is -0.169. The van der Waals surface area contributed by atoms with Gasteiger partial charge in [-0.2, -0.15) is 0 Å². The van der Waals surface area contributed by atoms with Crippen LogP contribution in [0.5, 0.6) is 0 Å². The van der Waals surface area contributed by atoms with E-state index >= 15 is 0 Å². The van der Waals surface area contributed by atoms with Gasteiger partial charge in [0.25, 0.3) is 0 Å². The minimum Gasteiger partial charge on any atom is -0.459 e. The molecule has 0 saturated carbocycles. The molecule has 0 radical (unpaired) electrons. The summed E-state index contributed by atoms with van der Waals surface area (Å²) in [6.07, 6.45) is 0.630. The second kappa shape index (κ2) is 5.94. The zero-order chi connectivity index (χ0) is 15.6. The van der Waals surface area contributed by atoms with Crippen LogP contribution in [-0.2, 0) is 9.53 Å². The number of halogens is 1. The highest BCUT2D eigenvalue weighted by Crippen LogP contribution is 2.35. The van der Waals surface area contributed by atoms with E-state index < -0.39 is 5.60 Å². The summed E-state index contributed by atoms with van der Waals surface area (Å²) >= 11 is 0. The summed E-state index contributed by atoms with van der Waals surface area (Å²) in [6.45, 7) is 11.9. The summed E-state index contributed by atoms with van der Waals surface area (Å²) in [5, 5.41) is 0. The van der Waals surface area contributed by atoms with Gasteiger partial charge in [-0.15, -0.1) is 0 Å². The molecule has 1 aromatic rings. The standard InChI is InChI=1S/C17H25FO2/c1-7-14(12-8-10-13(18)11-9-12)15(19)20-17(5,6)16(2,3)4/h8-11,14H,7H2,1-6H3/t14-/m0/s1. The fourth-order valence-electron chi connectivity index (χ4n) is 1.71. The smallest absolute Gasteiger partial charge is 0.313 e. The van der Waals surface area contributed by atoms with E-state index in [-0.39, 0.29) is 23.1 Å². The SMILES string of the molecule is CC[C@H](C(=O)OC(C)(C)C(C)(C)C)c1ccc(F)cc1. The Hall–Kier alpha value is -1.38. The molecule has 2 nitrogen and oxygen atoms in total. The molecule has 1 atom stereocenters. The first-order chi connectivity index (χ1) is 9.08. The van der Waals surface area contributed by atoms with Gasteiger partial charge in [0.05, 0.1) is 5.92 Å². The molecule has 0 amide bonds. The maximum Gasteiger partial charge on any atom is 0.313 e. The van der Waals surface area contributed by atoms with E-state index in [2.05, 4.69) is 0 Å². The van der Waals surface area contributed by atoms with Crippen molar-refractivity contribution in [3.8, 4) is 0 Å². The Bertz CT molecular complexity index is 455. The first-order valence-corrected chi connectivity index (χ1v) is 7.07. The highest BCUT2D eigenvalue weighted by Gasteiger charge is 2.38. The van der Waals surface area contributed by atoms with E-state index in [1.54, 1.807) is 12.1 Å². The molecule has 0 bridgehead atoms. The van der Waals surface area contributed by atoms with E-state index in [1.807, 2.05) is 41.5 Å². The second-order valence-corrected chi connectivity index (χ2v) is 6.69. The third-order valence-electron chi connectivity index (χ3n) is 4.13. The number of rotatable bonds is 4. The monoisotopic (exact) mass is 280 g/mol. The third kappa shape index (κ3) is 3.81. The van der Waals surface area contributed by atoms with Crippen LogP contribution in [-0.4, -0.2) is 11.6 Å². The molecule has 0 unspecified atom stereocenters. The van der Waals surface area contributed by atoms with E-state index in [0.29, 0.717) is 6.42 Å². The van der Waals surface area contributed by atoms with Gasteiger partial charge in [0.2, 0.25) is 0 Å². The van der Waals surface area contributed by atoms with Crippen LogP contribution >= 0.6 is 0 Å². The van der Waals surface area contributed by atoms with Crippen LogP contribution in [0.25, 0.3) is 0 Å². The summed E-state index contributed by atoms with van der Waals surface area (Å²) in [4.78, 5) is 12.4. The van der Waals surface area contributed by atoms with Crippen molar-refractivity contribution >= 4 is 5.97 Å². The number of benzene rings is 1. The van der Waals surface area contributed by atoms with E-state index in [4.69, 9.17) is 4.74 Å². The number of hydrogen-bond acceptors (Lipinski definition) is 2. The number of esters is 1. The average molecular weight is 280 g/mol. The van der Waals surface area contributed by atoms with Crippen molar-refractivity contribution in [3.63, 3.8) is 0 Å². The minimum atomic E-state index is -0.558. The van der Waals surface area contributed by atoms with Crippen molar-refractivity contribution in [1.82, 2.24) is 0 Å². The molecule has 20 heavy (non-hydrogen) atoms. The summed E-state index contributed by atoms with van der Waals surface area (Å²) < 4.78 is 18.7. The fraction of sp³-hybridized carbons (Fsp3) is 0.588. The fourth-order valence-corrected chi connectivity index (χ4v) is 1.71. The minimum absolute atomic E-state index is 0.149. The summed E-state index contributed by atoms with van der Waals surface area (Å²) in [7, 11) is 0. The topological polar surface area (TPSA) is 26.3 Å². The number of hydrogen-bond donors (Lipinski definition) is 0. The van der Waals surface area contributed by atoms with Crippen molar-refractivity contribution in [1.29, 1.82) is 0 Å². The van der Waals surface area contributed by atoms with Crippen LogP contribution in [0, 0.1) is 11.2 Å². The van der Waals surface area contributed by atoms with Gasteiger partial charge in [0.15, 0.2) is 0 Å². The highest BCUT2D eigenvalue weighted by atomic mass is 19.1. The van der Waals surface area contributed by atoms with E-state index in [1.165, 1.54) is 12.1 Å². The van der Waals surface area contributed by atoms with Gasteiger partial charge in [0.1, 0.15) is 11.4 Å². The van der Waals surface area contributed by atoms with Crippen LogP contribution in [0.3, 0.4) is 0 Å². The largest absolute Gasteiger partial charge is 0.459 e. The maximum absolute atomic E-state index is 13.0. The van der Waals surface area contributed by atoms with Crippen LogP contribution < -0.4 is 0 Å². The molecule has 0 saturated heterocycles. The van der Waals surface area contributed by atoms with Crippen LogP contribution in [0.1, 0.15) is 59.4 Å². The maximum atomic E-state index is 13.0. The summed E-state index contributed by atoms with van der Waals surface area (Å²) in [5.74, 6) is -0.900. The molecular weight excluding hydrogens is 255 g/mol. The average Bonchev–Trinajstić information content (AvgIpc) is 2.30. The van der Waals surface area contributed by atoms with Gasteiger partial charge in [-0.25, -0.2) is 4.39 Å². The molecule has 0 aliphatic carbocycles. The van der Waals surface area contributed by atoms with Crippen molar-refractivity contribution in [2.45, 2.75) is 59.5 Å². The summed E-state index contributed by atoms with van der Waals surface area (Å²) in [6, 6.07) is 6.05. The van der Waals surface area contributed by atoms with E-state index in [0.717, 1.165) is 5.56 Å². The van der Waals surface area contributed by atoms with Gasteiger partial charge in [-0.3, -0.25) is 4.79 Å². The number of ether oxygens (including phenoxy) is 1. The molecule has 1 rings (SSSR count). The van der Waals surface area contributed by atoms with Crippen LogP contribution in [0.2, 0.25) is 0 Å². The molecule has 0 N–H and O–H groups in total. The Morgan fingerprint density at radius 2 is 1.65 bits per heavy atom. The van der Waals surface area contributed by atoms with Crippen molar-refractivity contribution in [3.05, 3.63) is 35.6 Å². The predicted molar refractivity (Wildman–Crippen MR) is 79.1 cm³/mol. The Morgan fingerprint density at radius 1 is 1.15 bits per heavy atom. The van der Waals surface area contributed by atoms with Gasteiger partial charge < -0.3 is 4.74 Å². The zero-order valence-electron chi connectivity index (χ0n) is 13.3. The van der Waals surface area contributed by atoms with Crippen LogP contribution in [0.4, 0.5) is 4.39 Å². The van der Waals surface area contributed by atoms with Gasteiger partial charge in [-0.1, -0.05) is 39.8 Å². The van der Waals surface area contributed by atoms with Gasteiger partial charge >= 0.3 is 5.97 Å². The lowest BCUT2D eigenvalue weighted by atomic mass is 9.79. The molecule has 0 fully saturated rings. The Balaban J connectivity index is 2.91. The molecule has 0 aliphatic heterocycles. The third-order valence-corrected chi connectivity index (χ3v) is 4.13. The molecule has 0 aliphatic rings. The molecule has 3 heteroatoms. The first-order valence-electron chi connectivity index (χ1n) is 7.07. The van der Waals surface area contributed by atoms with Crippen molar-refractivity contribution < 1.29 is 13.9 Å². The van der Waals surface area contributed by atoms with E-state index in [9.17, 15) is 9.18 Å². The molecule has 1 aromatic carbocycles. The zero-order valence-corrected chi connectivity index (χ0v) is 13.3. The van der Waals surface area contributed by atoms with Gasteiger partial charge in [0, 0.05) is 5.41 Å². The molecule has 0 aromatic heterocycles. The lowest BCUT2D eigenvalue weighted by Gasteiger charge is -2.39. The molecule has 0 heterocycles. The van der Waals surface area contributed by atoms with Crippen molar-refractivity contribution in [2.24, 2.45) is 5.41 Å². The molecular formula is C17H25FO2. The van der Waals surface area contributed by atoms with Crippen LogP contribution in [0.15, 0.2) is 24.3 Å². The number of carbonyl (C=O) groups is 1.